The molecule has 0 bridgehead atoms. The predicted octanol–water partition coefficient (Wildman–Crippen LogP) is 1.57. The molecule has 1 rings (SSSR count). The van der Waals surface area contributed by atoms with Crippen LogP contribution in [0.2, 0.25) is 0 Å². The summed E-state index contributed by atoms with van der Waals surface area (Å²) in [5.74, 6) is 0.251. The number of pyridine rings is 1. The Morgan fingerprint density at radius 3 is 2.72 bits per heavy atom. The smallest absolute Gasteiger partial charge is 0.248 e. The molecule has 5 heteroatoms. The average molecular weight is 247 g/mol. The minimum absolute atomic E-state index is 0.0824. The first-order chi connectivity index (χ1) is 8.56. The highest BCUT2D eigenvalue weighted by Crippen LogP contribution is 2.07. The van der Waals surface area contributed by atoms with Gasteiger partial charge in [-0.2, -0.15) is 0 Å². The Morgan fingerprint density at radius 2 is 2.22 bits per heavy atom. The molecule has 0 aliphatic rings. The molecule has 1 aromatic heterocycles. The van der Waals surface area contributed by atoms with Gasteiger partial charge in [-0.05, 0) is 17.7 Å². The SMILES string of the molecule is C=CC(=O)Nc1ccc(CN(C)C(=O)CC)cn1. The van der Waals surface area contributed by atoms with Gasteiger partial charge in [0.15, 0.2) is 0 Å². The zero-order valence-corrected chi connectivity index (χ0v) is 10.6. The molecule has 1 heterocycles. The van der Waals surface area contributed by atoms with Crippen molar-refractivity contribution in [2.75, 3.05) is 12.4 Å². The van der Waals surface area contributed by atoms with E-state index in [1.807, 2.05) is 13.0 Å². The summed E-state index contributed by atoms with van der Waals surface area (Å²) in [6.07, 6.45) is 3.30. The Hall–Kier alpha value is -2.17. The van der Waals surface area contributed by atoms with Gasteiger partial charge in [-0.15, -0.1) is 0 Å². The van der Waals surface area contributed by atoms with Crippen molar-refractivity contribution in [1.82, 2.24) is 9.88 Å². The first-order valence-electron chi connectivity index (χ1n) is 5.69. The second-order valence-corrected chi connectivity index (χ2v) is 3.85. The summed E-state index contributed by atoms with van der Waals surface area (Å²) in [5.41, 5.74) is 0.913. The lowest BCUT2D eigenvalue weighted by atomic mass is 10.2. The van der Waals surface area contributed by atoms with E-state index in [0.717, 1.165) is 5.56 Å². The van der Waals surface area contributed by atoms with E-state index < -0.39 is 0 Å². The summed E-state index contributed by atoms with van der Waals surface area (Å²) in [7, 11) is 1.75. The van der Waals surface area contributed by atoms with E-state index in [2.05, 4.69) is 16.9 Å². The number of amides is 2. The highest BCUT2D eigenvalue weighted by Gasteiger charge is 2.07. The molecule has 0 aromatic carbocycles. The second kappa shape index (κ2) is 6.54. The standard InChI is InChI=1S/C13H17N3O2/c1-4-12(17)15-11-7-6-10(8-14-11)9-16(3)13(18)5-2/h4,6-8H,1,5,9H2,2-3H3,(H,14,15,17). The van der Waals surface area contributed by atoms with Crippen molar-refractivity contribution in [3.63, 3.8) is 0 Å². The Bertz CT molecular complexity index is 440. The largest absolute Gasteiger partial charge is 0.341 e. The molecule has 0 unspecified atom stereocenters. The zero-order valence-electron chi connectivity index (χ0n) is 10.6. The van der Waals surface area contributed by atoms with Gasteiger partial charge in [-0.25, -0.2) is 4.98 Å². The maximum atomic E-state index is 11.4. The highest BCUT2D eigenvalue weighted by atomic mass is 16.2. The molecule has 1 N–H and O–H groups in total. The van der Waals surface area contributed by atoms with Crippen LogP contribution in [0.5, 0.6) is 0 Å². The van der Waals surface area contributed by atoms with Crippen LogP contribution < -0.4 is 5.32 Å². The molecule has 0 spiro atoms. The lowest BCUT2D eigenvalue weighted by Crippen LogP contribution is -2.25. The van der Waals surface area contributed by atoms with Crippen LogP contribution >= 0.6 is 0 Å². The second-order valence-electron chi connectivity index (χ2n) is 3.85. The van der Waals surface area contributed by atoms with Crippen molar-refractivity contribution in [1.29, 1.82) is 0 Å². The minimum atomic E-state index is -0.298. The van der Waals surface area contributed by atoms with Gasteiger partial charge in [0.2, 0.25) is 11.8 Å². The average Bonchev–Trinajstić information content (AvgIpc) is 2.39. The van der Waals surface area contributed by atoms with Crippen molar-refractivity contribution in [3.8, 4) is 0 Å². The summed E-state index contributed by atoms with van der Waals surface area (Å²) in [4.78, 5) is 28.2. The Kier molecular flexibility index (Phi) is 5.05. The molecule has 2 amide bonds. The lowest BCUT2D eigenvalue weighted by molar-refractivity contribution is -0.130. The normalized spacial score (nSPS) is 9.67. The summed E-state index contributed by atoms with van der Waals surface area (Å²) < 4.78 is 0. The summed E-state index contributed by atoms with van der Waals surface area (Å²) in [5, 5.41) is 2.56. The number of hydrogen-bond donors (Lipinski definition) is 1. The minimum Gasteiger partial charge on any atom is -0.341 e. The first-order valence-corrected chi connectivity index (χ1v) is 5.69. The number of carbonyl (C=O) groups is 2. The van der Waals surface area contributed by atoms with Gasteiger partial charge in [0.1, 0.15) is 5.82 Å². The molecule has 0 aliphatic carbocycles. The molecule has 0 saturated carbocycles. The molecular formula is C13H17N3O2. The molecule has 0 fully saturated rings. The van der Waals surface area contributed by atoms with Crippen LogP contribution in [0.15, 0.2) is 31.0 Å². The molecule has 1 aromatic rings. The van der Waals surface area contributed by atoms with E-state index in [1.54, 1.807) is 24.2 Å². The van der Waals surface area contributed by atoms with Crippen molar-refractivity contribution < 1.29 is 9.59 Å². The van der Waals surface area contributed by atoms with Gasteiger partial charge in [0.05, 0.1) is 0 Å². The number of hydrogen-bond acceptors (Lipinski definition) is 3. The fourth-order valence-corrected chi connectivity index (χ4v) is 1.40. The molecule has 96 valence electrons. The van der Waals surface area contributed by atoms with Crippen molar-refractivity contribution >= 4 is 17.6 Å². The van der Waals surface area contributed by atoms with Gasteiger partial charge < -0.3 is 10.2 Å². The van der Waals surface area contributed by atoms with Crippen molar-refractivity contribution in [3.05, 3.63) is 36.5 Å². The number of anilines is 1. The molecule has 0 atom stereocenters. The summed E-state index contributed by atoms with van der Waals surface area (Å²) >= 11 is 0. The molecule has 0 aliphatic heterocycles. The first kappa shape index (κ1) is 13.9. The van der Waals surface area contributed by atoms with Crippen molar-refractivity contribution in [2.45, 2.75) is 19.9 Å². The van der Waals surface area contributed by atoms with Crippen LogP contribution in [-0.2, 0) is 16.1 Å². The van der Waals surface area contributed by atoms with Gasteiger partial charge >= 0.3 is 0 Å². The van der Waals surface area contributed by atoms with Crippen LogP contribution in [0, 0.1) is 0 Å². The molecular weight excluding hydrogens is 230 g/mol. The van der Waals surface area contributed by atoms with E-state index in [4.69, 9.17) is 0 Å². The number of nitrogens with zero attached hydrogens (tertiary/aromatic N) is 2. The van der Waals surface area contributed by atoms with Crippen molar-refractivity contribution in [2.24, 2.45) is 0 Å². The fraction of sp³-hybridized carbons (Fsp3) is 0.308. The Labute approximate surface area is 107 Å². The zero-order chi connectivity index (χ0) is 13.5. The van der Waals surface area contributed by atoms with E-state index in [9.17, 15) is 9.59 Å². The molecule has 18 heavy (non-hydrogen) atoms. The Balaban J connectivity index is 2.63. The van der Waals surface area contributed by atoms with E-state index in [1.165, 1.54) is 6.08 Å². The quantitative estimate of drug-likeness (QED) is 0.803. The number of rotatable bonds is 5. The van der Waals surface area contributed by atoms with Gasteiger partial charge in [0, 0.05) is 26.2 Å². The third kappa shape index (κ3) is 4.01. The van der Waals surface area contributed by atoms with Crippen LogP contribution in [-0.4, -0.2) is 28.7 Å². The summed E-state index contributed by atoms with van der Waals surface area (Å²) in [6.45, 7) is 5.69. The van der Waals surface area contributed by atoms with Gasteiger partial charge in [-0.1, -0.05) is 19.6 Å². The van der Waals surface area contributed by atoms with Gasteiger partial charge in [0.25, 0.3) is 0 Å². The highest BCUT2D eigenvalue weighted by molar-refractivity contribution is 5.98. The van der Waals surface area contributed by atoms with E-state index >= 15 is 0 Å². The number of nitrogens with one attached hydrogen (secondary N) is 1. The van der Waals surface area contributed by atoms with Crippen LogP contribution in [0.1, 0.15) is 18.9 Å². The summed E-state index contributed by atoms with van der Waals surface area (Å²) in [6, 6.07) is 3.52. The van der Waals surface area contributed by atoms with Crippen LogP contribution in [0.25, 0.3) is 0 Å². The fourth-order valence-electron chi connectivity index (χ4n) is 1.40. The third-order valence-corrected chi connectivity index (χ3v) is 2.41. The van der Waals surface area contributed by atoms with Crippen LogP contribution in [0.4, 0.5) is 5.82 Å². The van der Waals surface area contributed by atoms with E-state index in [0.29, 0.717) is 18.8 Å². The van der Waals surface area contributed by atoms with Crippen LogP contribution in [0.3, 0.4) is 0 Å². The molecule has 5 nitrogen and oxygen atoms in total. The maximum Gasteiger partial charge on any atom is 0.248 e. The molecule has 0 saturated heterocycles. The van der Waals surface area contributed by atoms with Gasteiger partial charge in [-0.3, -0.25) is 9.59 Å². The monoisotopic (exact) mass is 247 g/mol. The third-order valence-electron chi connectivity index (χ3n) is 2.41. The molecule has 0 radical (unpaired) electrons. The lowest BCUT2D eigenvalue weighted by Gasteiger charge is -2.16. The van der Waals surface area contributed by atoms with E-state index in [-0.39, 0.29) is 11.8 Å². The number of carbonyl (C=O) groups excluding carboxylic acids is 2. The topological polar surface area (TPSA) is 62.3 Å². The number of aromatic nitrogens is 1. The predicted molar refractivity (Wildman–Crippen MR) is 69.8 cm³/mol. The Morgan fingerprint density at radius 1 is 1.50 bits per heavy atom. The maximum absolute atomic E-state index is 11.4.